The van der Waals surface area contributed by atoms with Crippen molar-refractivity contribution in [2.24, 2.45) is 0 Å². The normalized spacial score (nSPS) is 31.6. The van der Waals surface area contributed by atoms with Gasteiger partial charge >= 0.3 is 5.97 Å². The summed E-state index contributed by atoms with van der Waals surface area (Å²) >= 11 is 0. The number of aliphatic hydroxyl groups excluding tert-OH is 5. The van der Waals surface area contributed by atoms with E-state index in [1.807, 2.05) is 6.92 Å². The lowest BCUT2D eigenvalue weighted by atomic mass is 9.79. The highest BCUT2D eigenvalue weighted by molar-refractivity contribution is 5.81. The summed E-state index contributed by atoms with van der Waals surface area (Å²) in [7, 11) is 1.10. The van der Waals surface area contributed by atoms with Crippen LogP contribution in [0.4, 0.5) is 0 Å². The average molecular weight is 393 g/mol. The second-order valence-corrected chi connectivity index (χ2v) is 6.86. The van der Waals surface area contributed by atoms with Crippen molar-refractivity contribution in [3.63, 3.8) is 0 Å². The van der Waals surface area contributed by atoms with Crippen molar-refractivity contribution in [1.29, 1.82) is 0 Å². The van der Waals surface area contributed by atoms with Gasteiger partial charge < -0.3 is 40.3 Å². The molecule has 10 heteroatoms. The number of unbranched alkanes of at least 4 members (excludes halogenated alkanes) is 1. The van der Waals surface area contributed by atoms with Crippen LogP contribution in [0.25, 0.3) is 0 Å². The zero-order valence-corrected chi connectivity index (χ0v) is 15.9. The summed E-state index contributed by atoms with van der Waals surface area (Å²) in [6.45, 7) is 2.27. The molecule has 0 aromatic heterocycles. The van der Waals surface area contributed by atoms with Crippen molar-refractivity contribution in [2.45, 2.75) is 81.7 Å². The molecule has 0 saturated carbocycles. The largest absolute Gasteiger partial charge is 0.467 e. The van der Waals surface area contributed by atoms with Gasteiger partial charge in [0.1, 0.15) is 18.3 Å². The van der Waals surface area contributed by atoms with Gasteiger partial charge in [0, 0.05) is 13.3 Å². The number of carbonyl (C=O) groups excluding carboxylic acids is 2. The zero-order valence-electron chi connectivity index (χ0n) is 15.9. The monoisotopic (exact) mass is 393 g/mol. The predicted molar refractivity (Wildman–Crippen MR) is 92.5 cm³/mol. The van der Waals surface area contributed by atoms with Crippen LogP contribution >= 0.6 is 0 Å². The Balaban J connectivity index is 3.31. The van der Waals surface area contributed by atoms with Gasteiger partial charge in [0.2, 0.25) is 5.91 Å². The molecular formula is C17H31NO9. The van der Waals surface area contributed by atoms with E-state index in [4.69, 9.17) is 14.6 Å². The van der Waals surface area contributed by atoms with Crippen LogP contribution in [0, 0.1) is 0 Å². The Labute approximate surface area is 158 Å². The molecule has 1 saturated heterocycles. The summed E-state index contributed by atoms with van der Waals surface area (Å²) in [5.41, 5.74) is -1.99. The second kappa shape index (κ2) is 10.3. The van der Waals surface area contributed by atoms with Crippen LogP contribution in [-0.2, 0) is 19.1 Å². The molecule has 158 valence electrons. The number of nitrogens with one attached hydrogen (secondary N) is 1. The molecule has 1 amide bonds. The first kappa shape index (κ1) is 23.7. The number of hydrogen-bond donors (Lipinski definition) is 6. The third-order valence-electron chi connectivity index (χ3n) is 4.82. The molecule has 0 radical (unpaired) electrons. The van der Waals surface area contributed by atoms with E-state index in [2.05, 4.69) is 5.32 Å². The molecule has 1 heterocycles. The van der Waals surface area contributed by atoms with Gasteiger partial charge in [-0.2, -0.15) is 0 Å². The van der Waals surface area contributed by atoms with Gasteiger partial charge in [-0.05, 0) is 6.42 Å². The van der Waals surface area contributed by atoms with E-state index in [-0.39, 0.29) is 12.8 Å². The number of hydrogen-bond acceptors (Lipinski definition) is 9. The van der Waals surface area contributed by atoms with Gasteiger partial charge in [0.15, 0.2) is 5.60 Å². The zero-order chi connectivity index (χ0) is 20.8. The quantitative estimate of drug-likeness (QED) is 0.239. The third-order valence-corrected chi connectivity index (χ3v) is 4.82. The minimum atomic E-state index is -1.99. The van der Waals surface area contributed by atoms with Crippen molar-refractivity contribution in [3.8, 4) is 0 Å². The molecule has 0 aliphatic carbocycles. The molecular weight excluding hydrogens is 362 g/mol. The van der Waals surface area contributed by atoms with Crippen LogP contribution in [0.5, 0.6) is 0 Å². The molecule has 1 unspecified atom stereocenters. The van der Waals surface area contributed by atoms with Crippen LogP contribution in [-0.4, -0.2) is 93.3 Å². The van der Waals surface area contributed by atoms with E-state index >= 15 is 0 Å². The fourth-order valence-corrected chi connectivity index (χ4v) is 3.33. The Hall–Kier alpha value is -1.30. The lowest BCUT2D eigenvalue weighted by molar-refractivity contribution is -0.253. The number of carbonyl (C=O) groups is 2. The van der Waals surface area contributed by atoms with E-state index in [1.165, 1.54) is 6.92 Å². The van der Waals surface area contributed by atoms with E-state index < -0.39 is 60.6 Å². The van der Waals surface area contributed by atoms with Gasteiger partial charge in [-0.15, -0.1) is 0 Å². The Morgan fingerprint density at radius 3 is 2.44 bits per heavy atom. The lowest BCUT2D eigenvalue weighted by Crippen LogP contribution is -2.70. The third kappa shape index (κ3) is 5.37. The maximum atomic E-state index is 12.5. The van der Waals surface area contributed by atoms with Crippen molar-refractivity contribution in [3.05, 3.63) is 0 Å². The van der Waals surface area contributed by atoms with Gasteiger partial charge in [-0.1, -0.05) is 19.8 Å². The van der Waals surface area contributed by atoms with Crippen molar-refractivity contribution < 1.29 is 44.6 Å². The minimum absolute atomic E-state index is 0.175. The molecule has 1 fully saturated rings. The highest BCUT2D eigenvalue weighted by atomic mass is 16.6. The topological polar surface area (TPSA) is 166 Å². The fourth-order valence-electron chi connectivity index (χ4n) is 3.33. The molecule has 10 nitrogen and oxygen atoms in total. The lowest BCUT2D eigenvalue weighted by Gasteiger charge is -2.49. The number of esters is 1. The number of rotatable bonds is 9. The molecule has 0 spiro atoms. The standard InChI is InChI=1S/C17H31NO9/c1-4-5-6-12(23)17(16(25)26-3)7-10(21)13(18-9(2)20)15(27-17)14(24)11(22)8-19/h10-15,19,21-24H,4-8H2,1-3H3,(H,18,20)/t10-,11+,12?,13+,14-,15+,17-/m0/s1. The first-order valence-corrected chi connectivity index (χ1v) is 9.01. The van der Waals surface area contributed by atoms with E-state index in [0.717, 1.165) is 13.5 Å². The van der Waals surface area contributed by atoms with Crippen molar-refractivity contribution in [2.75, 3.05) is 13.7 Å². The molecule has 1 aliphatic rings. The predicted octanol–water partition coefficient (Wildman–Crippen LogP) is -2.18. The van der Waals surface area contributed by atoms with Crippen molar-refractivity contribution >= 4 is 11.9 Å². The van der Waals surface area contributed by atoms with E-state index in [9.17, 15) is 30.0 Å². The fraction of sp³-hybridized carbons (Fsp3) is 0.882. The molecule has 0 bridgehead atoms. The SMILES string of the molecule is CCCCC(O)[C@]1(C(=O)OC)C[C@H](O)[C@@H](NC(C)=O)[C@H]([C@@H](O)[C@H](O)CO)O1. The molecule has 7 atom stereocenters. The molecule has 0 aromatic rings. The maximum Gasteiger partial charge on any atom is 0.340 e. The summed E-state index contributed by atoms with van der Waals surface area (Å²) in [6, 6.07) is -1.17. The number of amides is 1. The van der Waals surface area contributed by atoms with Gasteiger partial charge in [-0.3, -0.25) is 4.79 Å². The molecule has 0 aromatic carbocycles. The van der Waals surface area contributed by atoms with Crippen LogP contribution < -0.4 is 5.32 Å². The Morgan fingerprint density at radius 2 is 1.96 bits per heavy atom. The van der Waals surface area contributed by atoms with Crippen LogP contribution in [0.3, 0.4) is 0 Å². The first-order chi connectivity index (χ1) is 12.6. The summed E-state index contributed by atoms with van der Waals surface area (Å²) in [6.07, 6.45) is -6.51. The Morgan fingerprint density at radius 1 is 1.33 bits per heavy atom. The molecule has 1 aliphatic heterocycles. The number of methoxy groups -OCH3 is 1. The first-order valence-electron chi connectivity index (χ1n) is 9.01. The van der Waals surface area contributed by atoms with Crippen LogP contribution in [0.2, 0.25) is 0 Å². The van der Waals surface area contributed by atoms with Gasteiger partial charge in [0.05, 0.1) is 32.0 Å². The number of aliphatic hydroxyl groups is 5. The Bertz CT molecular complexity index is 503. The summed E-state index contributed by atoms with van der Waals surface area (Å²) in [5, 5.41) is 52.9. The highest BCUT2D eigenvalue weighted by Crippen LogP contribution is 2.37. The smallest absolute Gasteiger partial charge is 0.340 e. The average Bonchev–Trinajstić information content (AvgIpc) is 2.64. The van der Waals surface area contributed by atoms with E-state index in [0.29, 0.717) is 6.42 Å². The molecule has 6 N–H and O–H groups in total. The maximum absolute atomic E-state index is 12.5. The van der Waals surface area contributed by atoms with E-state index in [1.54, 1.807) is 0 Å². The van der Waals surface area contributed by atoms with Crippen molar-refractivity contribution in [1.82, 2.24) is 5.32 Å². The Kier molecular flexibility index (Phi) is 9.06. The highest BCUT2D eigenvalue weighted by Gasteiger charge is 2.58. The molecule has 27 heavy (non-hydrogen) atoms. The van der Waals surface area contributed by atoms with Crippen LogP contribution in [0.15, 0.2) is 0 Å². The number of ether oxygens (including phenoxy) is 2. The van der Waals surface area contributed by atoms with Gasteiger partial charge in [0.25, 0.3) is 0 Å². The minimum Gasteiger partial charge on any atom is -0.467 e. The summed E-state index contributed by atoms with van der Waals surface area (Å²) in [4.78, 5) is 24.0. The summed E-state index contributed by atoms with van der Waals surface area (Å²) in [5.74, 6) is -1.47. The molecule has 1 rings (SSSR count). The second-order valence-electron chi connectivity index (χ2n) is 6.86. The van der Waals surface area contributed by atoms with Gasteiger partial charge in [-0.25, -0.2) is 4.79 Å². The summed E-state index contributed by atoms with van der Waals surface area (Å²) < 4.78 is 10.5. The van der Waals surface area contributed by atoms with Crippen LogP contribution in [0.1, 0.15) is 39.5 Å².